The van der Waals surface area contributed by atoms with Crippen LogP contribution in [0.15, 0.2) is 22.7 Å². The normalized spacial score (nSPS) is 27.2. The zero-order chi connectivity index (χ0) is 13.1. The molecule has 0 spiro atoms. The highest BCUT2D eigenvalue weighted by Crippen LogP contribution is 2.44. The largest absolute Gasteiger partial charge is 0.381 e. The summed E-state index contributed by atoms with van der Waals surface area (Å²) in [6.45, 7) is 3.41. The predicted molar refractivity (Wildman–Crippen MR) is 69.8 cm³/mol. The van der Waals surface area contributed by atoms with E-state index in [4.69, 9.17) is 0 Å². The van der Waals surface area contributed by atoms with E-state index in [2.05, 4.69) is 15.9 Å². The van der Waals surface area contributed by atoms with Crippen LogP contribution >= 0.6 is 15.9 Å². The number of carbonyl (C=O) groups excluding carboxylic acids is 2. The van der Waals surface area contributed by atoms with Crippen molar-refractivity contribution in [2.75, 3.05) is 0 Å². The van der Waals surface area contributed by atoms with Crippen molar-refractivity contribution in [2.45, 2.75) is 38.7 Å². The van der Waals surface area contributed by atoms with Crippen molar-refractivity contribution < 1.29 is 14.7 Å². The first kappa shape index (κ1) is 14.3. The quantitative estimate of drug-likeness (QED) is 0.794. The number of carbonyl (C=O) groups is 2. The topological polar surface area (TPSA) is 54.4 Å². The van der Waals surface area contributed by atoms with Gasteiger partial charge in [-0.1, -0.05) is 48.0 Å². The minimum atomic E-state index is -1.62. The number of aldehydes is 1. The fraction of sp³-hybridized carbons (Fsp3) is 0.538. The van der Waals surface area contributed by atoms with Crippen LogP contribution in [0.5, 0.6) is 0 Å². The summed E-state index contributed by atoms with van der Waals surface area (Å²) in [6, 6.07) is 0. The van der Waals surface area contributed by atoms with Gasteiger partial charge in [-0.3, -0.25) is 4.79 Å². The van der Waals surface area contributed by atoms with Crippen LogP contribution in [0.4, 0.5) is 0 Å². The molecule has 4 heteroatoms. The zero-order valence-electron chi connectivity index (χ0n) is 10.1. The third kappa shape index (κ3) is 2.29. The second-order valence-electron chi connectivity index (χ2n) is 4.30. The van der Waals surface area contributed by atoms with E-state index >= 15 is 0 Å². The van der Waals surface area contributed by atoms with Gasteiger partial charge in [0.2, 0.25) is 0 Å². The Morgan fingerprint density at radius 1 is 1.65 bits per heavy atom. The molecule has 0 aliphatic heterocycles. The molecule has 0 fully saturated rings. The van der Waals surface area contributed by atoms with Crippen molar-refractivity contribution in [1.29, 1.82) is 0 Å². The fourth-order valence-corrected chi connectivity index (χ4v) is 2.88. The zero-order valence-corrected chi connectivity index (χ0v) is 11.7. The molecule has 0 amide bonds. The van der Waals surface area contributed by atoms with Crippen molar-refractivity contribution in [3.05, 3.63) is 22.7 Å². The van der Waals surface area contributed by atoms with E-state index in [0.29, 0.717) is 12.7 Å². The predicted octanol–water partition coefficient (Wildman–Crippen LogP) is 2.53. The Morgan fingerprint density at radius 2 is 2.29 bits per heavy atom. The van der Waals surface area contributed by atoms with E-state index < -0.39 is 11.0 Å². The minimum Gasteiger partial charge on any atom is -0.381 e. The van der Waals surface area contributed by atoms with Gasteiger partial charge >= 0.3 is 0 Å². The molecule has 0 aromatic heterocycles. The molecule has 0 bridgehead atoms. The van der Waals surface area contributed by atoms with Gasteiger partial charge in [0.15, 0.2) is 5.78 Å². The maximum absolute atomic E-state index is 12.0. The smallest absolute Gasteiger partial charge is 0.165 e. The van der Waals surface area contributed by atoms with Crippen molar-refractivity contribution in [2.24, 2.45) is 5.41 Å². The Balaban J connectivity index is 3.25. The van der Waals surface area contributed by atoms with E-state index in [1.165, 1.54) is 0 Å². The summed E-state index contributed by atoms with van der Waals surface area (Å²) in [4.78, 5) is 23.4. The number of Topliss-reactive ketones (excluding diaryl/α,β-unsaturated/α-hetero) is 1. The molecule has 1 rings (SSSR count). The first-order valence-electron chi connectivity index (χ1n) is 5.71. The van der Waals surface area contributed by atoms with Crippen LogP contribution in [-0.4, -0.2) is 22.8 Å². The third-order valence-corrected chi connectivity index (χ3v) is 3.95. The molecule has 0 unspecified atom stereocenters. The van der Waals surface area contributed by atoms with E-state index in [-0.39, 0.29) is 18.6 Å². The highest BCUT2D eigenvalue weighted by Gasteiger charge is 2.52. The van der Waals surface area contributed by atoms with Crippen LogP contribution in [0.25, 0.3) is 0 Å². The summed E-state index contributed by atoms with van der Waals surface area (Å²) >= 11 is 3.33. The Kier molecular flexibility index (Phi) is 4.44. The van der Waals surface area contributed by atoms with E-state index in [9.17, 15) is 14.7 Å². The van der Waals surface area contributed by atoms with Gasteiger partial charge in [-0.05, 0) is 17.3 Å². The van der Waals surface area contributed by atoms with Crippen molar-refractivity contribution in [1.82, 2.24) is 0 Å². The van der Waals surface area contributed by atoms with Crippen molar-refractivity contribution in [3.8, 4) is 0 Å². The summed E-state index contributed by atoms with van der Waals surface area (Å²) < 4.78 is 0.808. The van der Waals surface area contributed by atoms with Crippen LogP contribution in [0, 0.1) is 5.41 Å². The molecule has 3 nitrogen and oxygen atoms in total. The Hall–Kier alpha value is -0.740. The monoisotopic (exact) mass is 300 g/mol. The van der Waals surface area contributed by atoms with Gasteiger partial charge in [0, 0.05) is 6.42 Å². The van der Waals surface area contributed by atoms with Gasteiger partial charge in [0.25, 0.3) is 0 Å². The highest BCUT2D eigenvalue weighted by molar-refractivity contribution is 9.11. The van der Waals surface area contributed by atoms with Gasteiger partial charge in [-0.15, -0.1) is 0 Å². The average Bonchev–Trinajstić information content (AvgIpc) is 2.36. The summed E-state index contributed by atoms with van der Waals surface area (Å²) in [5.41, 5.74) is -2.77. The number of aliphatic hydroxyl groups is 1. The molecule has 0 saturated heterocycles. The highest BCUT2D eigenvalue weighted by atomic mass is 79.9. The average molecular weight is 301 g/mol. The number of ketones is 1. The molecule has 0 heterocycles. The van der Waals surface area contributed by atoms with E-state index in [1.54, 1.807) is 26.0 Å². The molecule has 17 heavy (non-hydrogen) atoms. The number of allylic oxidation sites excluding steroid dienone is 3. The lowest BCUT2D eigenvalue weighted by Gasteiger charge is -2.41. The summed E-state index contributed by atoms with van der Waals surface area (Å²) in [5, 5.41) is 10.6. The molecule has 0 radical (unpaired) electrons. The lowest BCUT2D eigenvalue weighted by Crippen LogP contribution is -2.54. The van der Waals surface area contributed by atoms with Crippen LogP contribution in [0.1, 0.15) is 33.1 Å². The maximum atomic E-state index is 12.0. The molecule has 1 N–H and O–H groups in total. The van der Waals surface area contributed by atoms with Crippen LogP contribution in [-0.2, 0) is 9.59 Å². The first-order chi connectivity index (χ1) is 7.95. The molecule has 2 atom stereocenters. The number of rotatable bonds is 5. The number of hydrogen-bond acceptors (Lipinski definition) is 3. The van der Waals surface area contributed by atoms with Gasteiger partial charge < -0.3 is 9.90 Å². The Bertz CT molecular complexity index is 386. The number of hydrogen-bond donors (Lipinski definition) is 1. The Labute approximate surface area is 110 Å². The lowest BCUT2D eigenvalue weighted by atomic mass is 9.65. The fourth-order valence-electron chi connectivity index (χ4n) is 2.26. The molecule has 1 aliphatic rings. The molecule has 0 saturated carbocycles. The third-order valence-electron chi connectivity index (χ3n) is 3.41. The van der Waals surface area contributed by atoms with Crippen molar-refractivity contribution in [3.63, 3.8) is 0 Å². The molecular weight excluding hydrogens is 284 g/mol. The lowest BCUT2D eigenvalue weighted by molar-refractivity contribution is -0.154. The van der Waals surface area contributed by atoms with E-state index in [1.807, 2.05) is 6.08 Å². The minimum absolute atomic E-state index is 0.217. The van der Waals surface area contributed by atoms with Crippen molar-refractivity contribution >= 4 is 28.0 Å². The van der Waals surface area contributed by atoms with Gasteiger partial charge in [-0.2, -0.15) is 0 Å². The van der Waals surface area contributed by atoms with Crippen LogP contribution < -0.4 is 0 Å². The van der Waals surface area contributed by atoms with Gasteiger partial charge in [-0.25, -0.2) is 0 Å². The SMILES string of the molecule is CCC(=O)[C@@](O)(CC)[C@@]1(C=O)C=CC=C(Br)C1. The van der Waals surface area contributed by atoms with Gasteiger partial charge in [0.1, 0.15) is 11.9 Å². The van der Waals surface area contributed by atoms with Crippen LogP contribution in [0.2, 0.25) is 0 Å². The summed E-state index contributed by atoms with van der Waals surface area (Å²) in [5.74, 6) is -0.293. The second kappa shape index (κ2) is 5.27. The molecule has 1 aliphatic carbocycles. The van der Waals surface area contributed by atoms with E-state index in [0.717, 1.165) is 4.48 Å². The Morgan fingerprint density at radius 3 is 2.71 bits per heavy atom. The summed E-state index contributed by atoms with van der Waals surface area (Å²) in [6.07, 6.45) is 6.59. The van der Waals surface area contributed by atoms with Gasteiger partial charge in [0.05, 0.1) is 5.41 Å². The standard InChI is InChI=1S/C13H17BrO3/c1-3-11(16)13(17,4-2)12(9-15)7-5-6-10(14)8-12/h5-7,9,17H,3-4,8H2,1-2H3/t12-,13-/m0/s1. The maximum Gasteiger partial charge on any atom is 0.165 e. The summed E-state index contributed by atoms with van der Waals surface area (Å²) in [7, 11) is 0. The molecule has 0 aromatic carbocycles. The second-order valence-corrected chi connectivity index (χ2v) is 5.32. The molecule has 0 aromatic rings. The molecular formula is C13H17BrO3. The molecule has 94 valence electrons. The number of halogens is 1. The first-order valence-corrected chi connectivity index (χ1v) is 6.51. The van der Waals surface area contributed by atoms with Crippen LogP contribution in [0.3, 0.4) is 0 Å².